The number of fused-ring (bicyclic) bond motifs is 2. The zero-order valence-electron chi connectivity index (χ0n) is 36.1. The molecule has 0 spiro atoms. The Hall–Kier alpha value is -2.62. The van der Waals surface area contributed by atoms with Crippen LogP contribution in [0.3, 0.4) is 0 Å². The highest BCUT2D eigenvalue weighted by molar-refractivity contribution is 5.58. The van der Waals surface area contributed by atoms with E-state index in [1.165, 1.54) is 88.4 Å². The molecule has 0 aliphatic heterocycles. The van der Waals surface area contributed by atoms with Gasteiger partial charge in [0.15, 0.2) is 0 Å². The van der Waals surface area contributed by atoms with E-state index in [0.29, 0.717) is 73.4 Å². The Morgan fingerprint density at radius 3 is 2.40 bits per heavy atom. The largest absolute Gasteiger partial charge is 0.365 e. The Bertz CT molecular complexity index is 1890. The van der Waals surface area contributed by atoms with Crippen molar-refractivity contribution in [1.29, 1.82) is 0 Å². The summed E-state index contributed by atoms with van der Waals surface area (Å²) in [6.45, 7) is 7.65. The van der Waals surface area contributed by atoms with Gasteiger partial charge in [-0.05, 0) is 185 Å². The van der Waals surface area contributed by atoms with Crippen molar-refractivity contribution in [2.75, 3.05) is 0 Å². The summed E-state index contributed by atoms with van der Waals surface area (Å²) in [5.74, 6) is 4.74. The van der Waals surface area contributed by atoms with Gasteiger partial charge in [0.25, 0.3) is 0 Å². The first-order chi connectivity index (χ1) is 28.2. The van der Waals surface area contributed by atoms with Gasteiger partial charge in [-0.15, -0.1) is 0 Å². The predicted octanol–water partition coefficient (Wildman–Crippen LogP) is 14.0. The topological polar surface area (TPSA) is 6.48 Å². The summed E-state index contributed by atoms with van der Waals surface area (Å²) in [4.78, 5) is 5.81. The van der Waals surface area contributed by atoms with Crippen LogP contribution in [0.15, 0.2) is 93.6 Å². The van der Waals surface area contributed by atoms with Crippen LogP contribution in [0.4, 0.5) is 8.78 Å². The number of hydrogen-bond donors (Lipinski definition) is 0. The maximum Gasteiger partial charge on any atom is 0.104 e. The van der Waals surface area contributed by atoms with Gasteiger partial charge in [0.05, 0.1) is 6.04 Å². The van der Waals surface area contributed by atoms with Crippen molar-refractivity contribution >= 4 is 0 Å². The third kappa shape index (κ3) is 6.48. The number of alkyl halides is 2. The molecular weight excluding hydrogens is 715 g/mol. The van der Waals surface area contributed by atoms with Crippen LogP contribution in [-0.4, -0.2) is 40.3 Å². The molecule has 0 aromatic carbocycles. The molecule has 0 aromatic heterocycles. The molecule has 3 saturated carbocycles. The smallest absolute Gasteiger partial charge is 0.104 e. The second-order valence-electron chi connectivity index (χ2n) is 22.1. The van der Waals surface area contributed by atoms with Crippen molar-refractivity contribution in [2.24, 2.45) is 52.8 Å². The van der Waals surface area contributed by atoms with Crippen molar-refractivity contribution in [2.45, 2.75) is 186 Å². The number of allylic oxidation sites excluding steroid dienone is 12. The van der Waals surface area contributed by atoms with Crippen LogP contribution in [0.25, 0.3) is 0 Å². The molecule has 4 heteroatoms. The molecule has 0 saturated heterocycles. The van der Waals surface area contributed by atoms with E-state index in [2.05, 4.69) is 79.2 Å². The third-order valence-corrected chi connectivity index (χ3v) is 18.4. The van der Waals surface area contributed by atoms with Gasteiger partial charge in [-0.25, -0.2) is 8.78 Å². The number of hydrogen-bond acceptors (Lipinski definition) is 2. The Labute approximate surface area is 349 Å². The van der Waals surface area contributed by atoms with Gasteiger partial charge in [0, 0.05) is 35.1 Å². The fraction of sp³-hybridized carbons (Fsp3) is 0.704. The maximum absolute atomic E-state index is 14.9. The van der Waals surface area contributed by atoms with E-state index in [0.717, 1.165) is 49.9 Å². The van der Waals surface area contributed by atoms with Crippen LogP contribution in [-0.2, 0) is 0 Å². The second kappa shape index (κ2) is 15.1. The van der Waals surface area contributed by atoms with Crippen molar-refractivity contribution in [3.63, 3.8) is 0 Å². The first-order valence-corrected chi connectivity index (χ1v) is 24.7. The molecule has 11 aliphatic carbocycles. The molecule has 11 aliphatic rings. The van der Waals surface area contributed by atoms with Crippen LogP contribution >= 0.6 is 0 Å². The lowest BCUT2D eigenvalue weighted by atomic mass is 9.48. The van der Waals surface area contributed by atoms with E-state index in [1.54, 1.807) is 33.6 Å². The predicted molar refractivity (Wildman–Crippen MR) is 234 cm³/mol. The Balaban J connectivity index is 1.06. The molecule has 0 aromatic rings. The van der Waals surface area contributed by atoms with Crippen molar-refractivity contribution in [3.05, 3.63) is 93.6 Å². The minimum absolute atomic E-state index is 0.140. The normalized spacial score (nSPS) is 42.6. The van der Waals surface area contributed by atoms with Gasteiger partial charge in [0.1, 0.15) is 12.3 Å². The quantitative estimate of drug-likeness (QED) is 0.248. The minimum atomic E-state index is -0.710. The first-order valence-electron chi connectivity index (χ1n) is 24.7. The summed E-state index contributed by atoms with van der Waals surface area (Å²) in [5, 5.41) is 0. The monoisotopic (exact) mass is 787 g/mol. The zero-order chi connectivity index (χ0) is 39.3. The second-order valence-corrected chi connectivity index (χ2v) is 22.1. The van der Waals surface area contributed by atoms with Crippen LogP contribution in [0.5, 0.6) is 0 Å². The molecule has 0 N–H and O–H groups in total. The van der Waals surface area contributed by atoms with Gasteiger partial charge in [-0.3, -0.25) is 0 Å². The first kappa shape index (κ1) is 38.3. The fourth-order valence-electron chi connectivity index (χ4n) is 15.3. The highest BCUT2D eigenvalue weighted by Crippen LogP contribution is 2.64. The third-order valence-electron chi connectivity index (χ3n) is 18.4. The summed E-state index contributed by atoms with van der Waals surface area (Å²) >= 11 is 0. The van der Waals surface area contributed by atoms with Gasteiger partial charge in [-0.2, -0.15) is 0 Å². The van der Waals surface area contributed by atoms with E-state index < -0.39 is 12.3 Å². The summed E-state index contributed by atoms with van der Waals surface area (Å²) in [5.41, 5.74) is 13.1. The molecule has 0 radical (unpaired) electrons. The molecule has 11 atom stereocenters. The Morgan fingerprint density at radius 1 is 0.724 bits per heavy atom. The number of halogens is 2. The molecule has 11 rings (SSSR count). The lowest BCUT2D eigenvalue weighted by molar-refractivity contribution is 0.0533. The Kier molecular flexibility index (Phi) is 9.96. The SMILES string of the molecule is CC1CC(N(C2=CCC(F)CC2)C2C=CC3CCCCC3C2)=C2C=C3C4=C(CCC3(C)C)CC(N(C3=CCC5CCCCC5=C3)C3CCC(F)CC3)C3C=CC1C2C43. The van der Waals surface area contributed by atoms with Crippen molar-refractivity contribution in [1.82, 2.24) is 9.80 Å². The van der Waals surface area contributed by atoms with E-state index in [1.807, 2.05) is 0 Å². The average molecular weight is 787 g/mol. The van der Waals surface area contributed by atoms with Crippen LogP contribution < -0.4 is 0 Å². The molecule has 0 amide bonds. The highest BCUT2D eigenvalue weighted by atomic mass is 19.1. The highest BCUT2D eigenvalue weighted by Gasteiger charge is 2.56. The lowest BCUT2D eigenvalue weighted by Crippen LogP contribution is -2.56. The summed E-state index contributed by atoms with van der Waals surface area (Å²) in [7, 11) is 0. The average Bonchev–Trinajstić information content (AvgIpc) is 3.24. The van der Waals surface area contributed by atoms with Gasteiger partial charge < -0.3 is 9.80 Å². The van der Waals surface area contributed by atoms with Gasteiger partial charge in [-0.1, -0.05) is 93.7 Å². The summed E-state index contributed by atoms with van der Waals surface area (Å²) < 4.78 is 29.8. The van der Waals surface area contributed by atoms with E-state index in [-0.39, 0.29) is 5.41 Å². The molecule has 312 valence electrons. The molecule has 0 bridgehead atoms. The standard InChI is InChI=1S/C54H72F2N2/c1-33-28-49(57(41-20-14-39(55)15-21-41)43-18-12-34-8-4-6-10-36(34)29-43)47-32-48-51-38(26-27-54(48,2)3)31-50(46-25-24-45(33)52(47)53(46)51)58(42-22-16-40(56)17-23-42)44-19-13-35-9-5-7-11-37(35)30-44/h12,18-20,24-25,30,32-36,39-40,42-43,45-46,50,52-53H,4-11,13-17,21-23,26-29,31H2,1-3H3. The molecule has 0 heterocycles. The zero-order valence-corrected chi connectivity index (χ0v) is 36.1. The maximum atomic E-state index is 14.9. The fourth-order valence-corrected chi connectivity index (χ4v) is 15.3. The molecule has 11 unspecified atom stereocenters. The summed E-state index contributed by atoms with van der Waals surface area (Å²) in [6, 6.07) is 1.19. The van der Waals surface area contributed by atoms with E-state index in [9.17, 15) is 8.78 Å². The van der Waals surface area contributed by atoms with E-state index in [4.69, 9.17) is 0 Å². The lowest BCUT2D eigenvalue weighted by Gasteiger charge is -2.60. The van der Waals surface area contributed by atoms with Crippen LogP contribution in [0.1, 0.15) is 156 Å². The number of nitrogens with zero attached hydrogens (tertiary/aromatic N) is 2. The van der Waals surface area contributed by atoms with Gasteiger partial charge >= 0.3 is 0 Å². The van der Waals surface area contributed by atoms with Crippen molar-refractivity contribution < 1.29 is 8.78 Å². The van der Waals surface area contributed by atoms with Crippen LogP contribution in [0, 0.1) is 52.8 Å². The molecule has 58 heavy (non-hydrogen) atoms. The molecule has 2 nitrogen and oxygen atoms in total. The molecule has 3 fully saturated rings. The minimum Gasteiger partial charge on any atom is -0.365 e. The van der Waals surface area contributed by atoms with Gasteiger partial charge in [0.2, 0.25) is 0 Å². The van der Waals surface area contributed by atoms with E-state index >= 15 is 0 Å². The van der Waals surface area contributed by atoms with Crippen LogP contribution in [0.2, 0.25) is 0 Å². The summed E-state index contributed by atoms with van der Waals surface area (Å²) in [6.07, 6.45) is 43.1. The molecular formula is C54H72F2N2. The Morgan fingerprint density at radius 2 is 1.55 bits per heavy atom. The van der Waals surface area contributed by atoms with Crippen molar-refractivity contribution in [3.8, 4) is 0 Å². The number of rotatable bonds is 6.